The molecule has 3 aliphatic rings. The lowest BCUT2D eigenvalue weighted by atomic mass is 9.89. The zero-order chi connectivity index (χ0) is 16.5. The Morgan fingerprint density at radius 3 is 2.83 bits per heavy atom. The van der Waals surface area contributed by atoms with Crippen LogP contribution >= 0.6 is 15.9 Å². The first-order valence-electron chi connectivity index (χ1n) is 9.14. The quantitative estimate of drug-likeness (QED) is 0.849. The van der Waals surface area contributed by atoms with Gasteiger partial charge >= 0.3 is 0 Å². The van der Waals surface area contributed by atoms with Gasteiger partial charge in [-0.2, -0.15) is 0 Å². The van der Waals surface area contributed by atoms with Gasteiger partial charge < -0.3 is 10.2 Å². The maximum Gasteiger partial charge on any atom is 0.105 e. The number of dihydropyridines is 1. The van der Waals surface area contributed by atoms with Crippen LogP contribution in [0.5, 0.6) is 0 Å². The lowest BCUT2D eigenvalue weighted by molar-refractivity contribution is 0.0766. The first-order chi connectivity index (χ1) is 11.8. The SMILES string of the molecule is CCC1=C(Br)CNC2=C1CC[C@@H]1CN(Cc3ccccc3)CCN21. The van der Waals surface area contributed by atoms with E-state index in [1.165, 1.54) is 40.8 Å². The Morgan fingerprint density at radius 1 is 1.21 bits per heavy atom. The zero-order valence-electron chi connectivity index (χ0n) is 14.4. The third-order valence-electron chi connectivity index (χ3n) is 5.57. The van der Waals surface area contributed by atoms with Crippen molar-refractivity contribution in [3.63, 3.8) is 0 Å². The Kier molecular flexibility index (Phi) is 4.68. The number of fused-ring (bicyclic) bond motifs is 2. The van der Waals surface area contributed by atoms with Gasteiger partial charge in [0.2, 0.25) is 0 Å². The molecule has 1 aromatic rings. The van der Waals surface area contributed by atoms with Crippen LogP contribution in [0.1, 0.15) is 31.7 Å². The van der Waals surface area contributed by atoms with Crippen molar-refractivity contribution in [2.24, 2.45) is 0 Å². The highest BCUT2D eigenvalue weighted by Crippen LogP contribution is 2.38. The normalized spacial score (nSPS) is 24.6. The minimum absolute atomic E-state index is 0.656. The molecule has 1 fully saturated rings. The lowest BCUT2D eigenvalue weighted by Gasteiger charge is -2.48. The number of nitrogens with zero attached hydrogens (tertiary/aromatic N) is 2. The van der Waals surface area contributed by atoms with Gasteiger partial charge in [-0.1, -0.05) is 53.2 Å². The molecular formula is C20H26BrN3. The zero-order valence-corrected chi connectivity index (χ0v) is 16.0. The summed E-state index contributed by atoms with van der Waals surface area (Å²) in [5, 5.41) is 3.68. The summed E-state index contributed by atoms with van der Waals surface area (Å²) in [7, 11) is 0. The van der Waals surface area contributed by atoms with Crippen molar-refractivity contribution in [1.82, 2.24) is 15.1 Å². The number of halogens is 1. The summed E-state index contributed by atoms with van der Waals surface area (Å²) in [4.78, 5) is 5.27. The predicted octanol–water partition coefficient (Wildman–Crippen LogP) is 3.84. The average molecular weight is 388 g/mol. The summed E-state index contributed by atoms with van der Waals surface area (Å²) in [5.74, 6) is 1.42. The van der Waals surface area contributed by atoms with Gasteiger partial charge in [-0.05, 0) is 36.0 Å². The van der Waals surface area contributed by atoms with Crippen molar-refractivity contribution >= 4 is 15.9 Å². The maximum atomic E-state index is 3.77. The fraction of sp³-hybridized carbons (Fsp3) is 0.500. The van der Waals surface area contributed by atoms with Crippen LogP contribution in [0.3, 0.4) is 0 Å². The van der Waals surface area contributed by atoms with Crippen molar-refractivity contribution in [3.8, 4) is 0 Å². The lowest BCUT2D eigenvalue weighted by Crippen LogP contribution is -2.56. The first kappa shape index (κ1) is 16.2. The van der Waals surface area contributed by atoms with E-state index in [1.807, 2.05) is 0 Å². The van der Waals surface area contributed by atoms with E-state index in [2.05, 4.69) is 68.3 Å². The molecule has 0 aliphatic carbocycles. The molecule has 0 amide bonds. The van der Waals surface area contributed by atoms with Crippen LogP contribution in [-0.4, -0.2) is 42.0 Å². The van der Waals surface area contributed by atoms with E-state index in [9.17, 15) is 0 Å². The monoisotopic (exact) mass is 387 g/mol. The van der Waals surface area contributed by atoms with Crippen LogP contribution in [0.15, 0.2) is 51.8 Å². The molecule has 4 heteroatoms. The van der Waals surface area contributed by atoms with Crippen molar-refractivity contribution < 1.29 is 0 Å². The molecule has 0 saturated carbocycles. The second kappa shape index (κ2) is 6.93. The molecule has 3 nitrogen and oxygen atoms in total. The molecule has 1 atom stereocenters. The molecule has 1 saturated heterocycles. The van der Waals surface area contributed by atoms with Crippen LogP contribution in [0.2, 0.25) is 0 Å². The Balaban J connectivity index is 1.49. The van der Waals surface area contributed by atoms with Gasteiger partial charge in [-0.3, -0.25) is 4.90 Å². The number of hydrogen-bond donors (Lipinski definition) is 1. The molecule has 0 aromatic heterocycles. The van der Waals surface area contributed by atoms with Crippen LogP contribution in [-0.2, 0) is 6.54 Å². The molecule has 0 bridgehead atoms. The van der Waals surface area contributed by atoms with Crippen LogP contribution in [0.25, 0.3) is 0 Å². The van der Waals surface area contributed by atoms with E-state index < -0.39 is 0 Å². The van der Waals surface area contributed by atoms with Gasteiger partial charge in [0.25, 0.3) is 0 Å². The molecular weight excluding hydrogens is 362 g/mol. The number of hydrogen-bond acceptors (Lipinski definition) is 3. The van der Waals surface area contributed by atoms with Crippen LogP contribution < -0.4 is 5.32 Å². The standard InChI is InChI=1S/C20H26BrN3/c1-2-17-18-9-8-16-14-23(13-15-6-4-3-5-7-15)10-11-24(16)20(18)22-12-19(17)21/h3-7,16,22H,2,8-14H2,1H3/t16-/m1/s1. The number of allylic oxidation sites excluding steroid dienone is 2. The fourth-order valence-electron chi connectivity index (χ4n) is 4.39. The summed E-state index contributed by atoms with van der Waals surface area (Å²) in [5.41, 5.74) is 4.52. The van der Waals surface area contributed by atoms with Crippen LogP contribution in [0, 0.1) is 0 Å². The third kappa shape index (κ3) is 3.02. The molecule has 4 rings (SSSR count). The van der Waals surface area contributed by atoms with Gasteiger partial charge in [0.15, 0.2) is 0 Å². The second-order valence-corrected chi connectivity index (χ2v) is 7.98. The van der Waals surface area contributed by atoms with Gasteiger partial charge in [-0.15, -0.1) is 0 Å². The van der Waals surface area contributed by atoms with Crippen molar-refractivity contribution in [3.05, 3.63) is 57.3 Å². The number of nitrogens with one attached hydrogen (secondary N) is 1. The highest BCUT2D eigenvalue weighted by atomic mass is 79.9. The van der Waals surface area contributed by atoms with Gasteiger partial charge in [0.1, 0.15) is 5.82 Å². The average Bonchev–Trinajstić information content (AvgIpc) is 2.62. The van der Waals surface area contributed by atoms with Gasteiger partial charge in [-0.25, -0.2) is 0 Å². The molecule has 0 unspecified atom stereocenters. The maximum absolute atomic E-state index is 3.77. The Morgan fingerprint density at radius 2 is 2.04 bits per heavy atom. The van der Waals surface area contributed by atoms with Gasteiger partial charge in [0, 0.05) is 43.2 Å². The van der Waals surface area contributed by atoms with Crippen LogP contribution in [0.4, 0.5) is 0 Å². The van der Waals surface area contributed by atoms with E-state index in [4.69, 9.17) is 0 Å². The Bertz CT molecular complexity index is 665. The number of rotatable bonds is 3. The highest BCUT2D eigenvalue weighted by molar-refractivity contribution is 9.11. The summed E-state index contributed by atoms with van der Waals surface area (Å²) < 4.78 is 1.35. The van der Waals surface area contributed by atoms with E-state index >= 15 is 0 Å². The molecule has 128 valence electrons. The molecule has 1 N–H and O–H groups in total. The molecule has 3 aliphatic heterocycles. The first-order valence-corrected chi connectivity index (χ1v) is 9.93. The molecule has 0 radical (unpaired) electrons. The van der Waals surface area contributed by atoms with Gasteiger partial charge in [0.05, 0.1) is 0 Å². The van der Waals surface area contributed by atoms with E-state index in [0.29, 0.717) is 6.04 Å². The molecule has 0 spiro atoms. The summed E-state index contributed by atoms with van der Waals surface area (Å²) >= 11 is 3.77. The van der Waals surface area contributed by atoms with E-state index in [1.54, 1.807) is 5.57 Å². The smallest absolute Gasteiger partial charge is 0.105 e. The summed E-state index contributed by atoms with van der Waals surface area (Å²) in [6, 6.07) is 11.5. The van der Waals surface area contributed by atoms with Crippen molar-refractivity contribution in [1.29, 1.82) is 0 Å². The highest BCUT2D eigenvalue weighted by Gasteiger charge is 2.35. The number of benzene rings is 1. The Labute approximate surface area is 153 Å². The number of piperazine rings is 1. The third-order valence-corrected chi connectivity index (χ3v) is 6.33. The molecule has 1 aromatic carbocycles. The summed E-state index contributed by atoms with van der Waals surface area (Å²) in [6.45, 7) is 7.76. The van der Waals surface area contributed by atoms with E-state index in [-0.39, 0.29) is 0 Å². The minimum atomic E-state index is 0.656. The van der Waals surface area contributed by atoms with Crippen molar-refractivity contribution in [2.45, 2.75) is 38.8 Å². The largest absolute Gasteiger partial charge is 0.367 e. The second-order valence-electron chi connectivity index (χ2n) is 7.02. The summed E-state index contributed by atoms with van der Waals surface area (Å²) in [6.07, 6.45) is 3.61. The Hall–Kier alpha value is -1.26. The minimum Gasteiger partial charge on any atom is -0.367 e. The molecule has 24 heavy (non-hydrogen) atoms. The molecule has 3 heterocycles. The van der Waals surface area contributed by atoms with E-state index in [0.717, 1.165) is 32.6 Å². The predicted molar refractivity (Wildman–Crippen MR) is 103 cm³/mol. The fourth-order valence-corrected chi connectivity index (χ4v) is 5.05. The van der Waals surface area contributed by atoms with Crippen molar-refractivity contribution in [2.75, 3.05) is 26.2 Å². The topological polar surface area (TPSA) is 18.5 Å².